The number of carbonyl (C=O) groups is 1. The minimum absolute atomic E-state index is 0.173. The van der Waals surface area contributed by atoms with Gasteiger partial charge in [-0.3, -0.25) is 9.59 Å². The first-order chi connectivity index (χ1) is 17.2. The molecule has 186 valence electrons. The van der Waals surface area contributed by atoms with Gasteiger partial charge in [0.1, 0.15) is 11.6 Å². The molecule has 7 nitrogen and oxygen atoms in total. The van der Waals surface area contributed by atoms with Crippen LogP contribution >= 0.6 is 0 Å². The Morgan fingerprint density at radius 2 is 1.75 bits per heavy atom. The van der Waals surface area contributed by atoms with Crippen LogP contribution in [0.1, 0.15) is 43.2 Å². The molecule has 0 atom stereocenters. The van der Waals surface area contributed by atoms with E-state index in [-0.39, 0.29) is 29.8 Å². The van der Waals surface area contributed by atoms with E-state index in [1.165, 1.54) is 16.8 Å². The van der Waals surface area contributed by atoms with Crippen LogP contribution in [-0.4, -0.2) is 15.6 Å². The van der Waals surface area contributed by atoms with Crippen molar-refractivity contribution in [3.05, 3.63) is 112 Å². The number of halogens is 1. The first-order valence-electron chi connectivity index (χ1n) is 11.7. The van der Waals surface area contributed by atoms with Crippen molar-refractivity contribution in [3.8, 4) is 0 Å². The Balaban J connectivity index is 1.35. The smallest absolute Gasteiger partial charge is 0.256 e. The Bertz CT molecular complexity index is 1390. The second kappa shape index (κ2) is 10.6. The molecule has 0 aliphatic carbocycles. The van der Waals surface area contributed by atoms with E-state index in [9.17, 15) is 14.0 Å². The van der Waals surface area contributed by atoms with Gasteiger partial charge in [-0.15, -0.1) is 0 Å². The van der Waals surface area contributed by atoms with Crippen LogP contribution < -0.4 is 16.2 Å². The Hall–Kier alpha value is -4.20. The Kier molecular flexibility index (Phi) is 7.33. The minimum Gasteiger partial charge on any atom is -0.381 e. The van der Waals surface area contributed by atoms with Gasteiger partial charge < -0.3 is 19.7 Å². The van der Waals surface area contributed by atoms with E-state index < -0.39 is 5.82 Å². The van der Waals surface area contributed by atoms with Gasteiger partial charge in [-0.1, -0.05) is 68.4 Å². The highest BCUT2D eigenvalue weighted by atomic mass is 19.1. The lowest BCUT2D eigenvalue weighted by Gasteiger charge is -2.12. The lowest BCUT2D eigenvalue weighted by atomic mass is 9.93. The molecule has 2 aromatic heterocycles. The maximum atomic E-state index is 14.2. The summed E-state index contributed by atoms with van der Waals surface area (Å²) in [6.45, 7) is 6.48. The number of rotatable bonds is 8. The van der Waals surface area contributed by atoms with E-state index in [1.807, 2.05) is 75.4 Å². The van der Waals surface area contributed by atoms with Gasteiger partial charge in [0, 0.05) is 35.5 Å². The predicted octanol–water partition coefficient (Wildman–Crippen LogP) is 5.11. The number of pyridine rings is 1. The minimum atomic E-state index is -0.467. The highest BCUT2D eigenvalue weighted by molar-refractivity contribution is 5.91. The zero-order valence-corrected chi connectivity index (χ0v) is 20.5. The van der Waals surface area contributed by atoms with Crippen LogP contribution in [0.5, 0.6) is 0 Å². The molecule has 4 rings (SSSR count). The number of hydrogen-bond donors (Lipinski definition) is 2. The first-order valence-corrected chi connectivity index (χ1v) is 11.7. The van der Waals surface area contributed by atoms with Crippen LogP contribution in [0.3, 0.4) is 0 Å². The number of nitrogens with zero attached hydrogens (tertiary/aromatic N) is 2. The van der Waals surface area contributed by atoms with E-state index in [4.69, 9.17) is 4.52 Å². The number of amides is 1. The Labute approximate surface area is 209 Å². The summed E-state index contributed by atoms with van der Waals surface area (Å²) < 4.78 is 20.9. The van der Waals surface area contributed by atoms with Crippen LogP contribution in [0.15, 0.2) is 82.2 Å². The van der Waals surface area contributed by atoms with E-state index in [0.717, 1.165) is 16.8 Å². The summed E-state index contributed by atoms with van der Waals surface area (Å²) in [5, 5.41) is 9.80. The second-order valence-electron chi connectivity index (χ2n) is 9.70. The molecular formula is C28H29FN4O3. The number of nitrogens with one attached hydrogen (secondary N) is 2. The normalized spacial score (nSPS) is 11.3. The maximum Gasteiger partial charge on any atom is 0.256 e. The SMILES string of the molecule is CC(C)(C)c1cc(NC(=O)Cc2ccc(NCc3cc(F)cn(Cc4ccccc4)c3=O)cc2)no1. The molecule has 2 heterocycles. The van der Waals surface area contributed by atoms with Gasteiger partial charge in [0.2, 0.25) is 5.91 Å². The van der Waals surface area contributed by atoms with E-state index >= 15 is 0 Å². The Morgan fingerprint density at radius 3 is 2.42 bits per heavy atom. The molecule has 0 saturated carbocycles. The monoisotopic (exact) mass is 488 g/mol. The third kappa shape index (κ3) is 6.47. The second-order valence-corrected chi connectivity index (χ2v) is 9.70. The molecule has 1 amide bonds. The molecule has 4 aromatic rings. The molecule has 0 fully saturated rings. The van der Waals surface area contributed by atoms with Crippen molar-refractivity contribution in [2.24, 2.45) is 0 Å². The van der Waals surface area contributed by atoms with Gasteiger partial charge in [-0.25, -0.2) is 4.39 Å². The lowest BCUT2D eigenvalue weighted by molar-refractivity contribution is -0.115. The average molecular weight is 489 g/mol. The lowest BCUT2D eigenvalue weighted by Crippen LogP contribution is -2.25. The number of aromatic nitrogens is 2. The molecule has 8 heteroatoms. The summed E-state index contributed by atoms with van der Waals surface area (Å²) in [6, 6.07) is 19.7. The largest absolute Gasteiger partial charge is 0.381 e. The molecule has 0 aliphatic heterocycles. The Morgan fingerprint density at radius 1 is 1.03 bits per heavy atom. The topological polar surface area (TPSA) is 89.2 Å². The van der Waals surface area contributed by atoms with Gasteiger partial charge in [0.25, 0.3) is 5.56 Å². The number of benzene rings is 2. The summed E-state index contributed by atoms with van der Waals surface area (Å²) >= 11 is 0. The fourth-order valence-corrected chi connectivity index (χ4v) is 3.68. The molecule has 2 N–H and O–H groups in total. The van der Waals surface area contributed by atoms with Crippen LogP contribution in [0.4, 0.5) is 15.9 Å². The summed E-state index contributed by atoms with van der Waals surface area (Å²) in [5.41, 5.74) is 2.37. The van der Waals surface area contributed by atoms with Crippen LogP contribution in [-0.2, 0) is 29.7 Å². The van der Waals surface area contributed by atoms with Crippen molar-refractivity contribution in [3.63, 3.8) is 0 Å². The summed E-state index contributed by atoms with van der Waals surface area (Å²) in [6.07, 6.45) is 1.40. The van der Waals surface area contributed by atoms with Gasteiger partial charge in [-0.2, -0.15) is 0 Å². The number of hydrogen-bond acceptors (Lipinski definition) is 5. The number of anilines is 2. The number of carbonyl (C=O) groups excluding carboxylic acids is 1. The zero-order chi connectivity index (χ0) is 25.7. The molecule has 0 saturated heterocycles. The average Bonchev–Trinajstić information content (AvgIpc) is 3.31. The zero-order valence-electron chi connectivity index (χ0n) is 20.5. The van der Waals surface area contributed by atoms with Crippen LogP contribution in [0.2, 0.25) is 0 Å². The van der Waals surface area contributed by atoms with Crippen LogP contribution in [0.25, 0.3) is 0 Å². The van der Waals surface area contributed by atoms with Gasteiger partial charge in [0.15, 0.2) is 5.82 Å². The van der Waals surface area contributed by atoms with E-state index in [2.05, 4.69) is 15.8 Å². The molecular weight excluding hydrogens is 459 g/mol. The first kappa shape index (κ1) is 24.9. The standard InChI is InChI=1S/C28H29FN4O3/c1-28(2,3)24-15-25(32-36-24)31-26(34)13-19-9-11-23(12-10-19)30-16-21-14-22(29)18-33(27(21)35)17-20-7-5-4-6-8-20/h4-12,14-15,18,30H,13,16-17H2,1-3H3,(H,31,32,34). The van der Waals surface area contributed by atoms with Crippen molar-refractivity contribution in [1.82, 2.24) is 9.72 Å². The summed E-state index contributed by atoms with van der Waals surface area (Å²) in [7, 11) is 0. The molecule has 0 aliphatic rings. The third-order valence-corrected chi connectivity index (χ3v) is 5.64. The molecule has 2 aromatic carbocycles. The molecule has 0 radical (unpaired) electrons. The van der Waals surface area contributed by atoms with E-state index in [0.29, 0.717) is 23.7 Å². The fourth-order valence-electron chi connectivity index (χ4n) is 3.68. The summed E-state index contributed by atoms with van der Waals surface area (Å²) in [4.78, 5) is 25.2. The molecule has 36 heavy (non-hydrogen) atoms. The predicted molar refractivity (Wildman–Crippen MR) is 138 cm³/mol. The third-order valence-electron chi connectivity index (χ3n) is 5.64. The molecule has 0 spiro atoms. The van der Waals surface area contributed by atoms with Crippen molar-refractivity contribution in [1.29, 1.82) is 0 Å². The maximum absolute atomic E-state index is 14.2. The van der Waals surface area contributed by atoms with Crippen LogP contribution in [0, 0.1) is 5.82 Å². The quantitative estimate of drug-likeness (QED) is 0.360. The highest BCUT2D eigenvalue weighted by Gasteiger charge is 2.20. The van der Waals surface area contributed by atoms with Gasteiger partial charge >= 0.3 is 0 Å². The molecule has 0 unspecified atom stereocenters. The van der Waals surface area contributed by atoms with Crippen molar-refractivity contribution >= 4 is 17.4 Å². The molecule has 0 bridgehead atoms. The van der Waals surface area contributed by atoms with E-state index in [1.54, 1.807) is 6.07 Å². The highest BCUT2D eigenvalue weighted by Crippen LogP contribution is 2.24. The summed E-state index contributed by atoms with van der Waals surface area (Å²) in [5.74, 6) is 0.406. The van der Waals surface area contributed by atoms with Gasteiger partial charge in [-0.05, 0) is 29.3 Å². The fraction of sp³-hybridized carbons (Fsp3) is 0.250. The van der Waals surface area contributed by atoms with Crippen molar-refractivity contribution in [2.45, 2.75) is 45.7 Å². The van der Waals surface area contributed by atoms with Crippen molar-refractivity contribution < 1.29 is 13.7 Å². The van der Waals surface area contributed by atoms with Gasteiger partial charge in [0.05, 0.1) is 13.0 Å². The van der Waals surface area contributed by atoms with Crippen molar-refractivity contribution in [2.75, 3.05) is 10.6 Å².